The molecular weight excluding hydrogens is 324 g/mol. The smallest absolute Gasteiger partial charge is 0.306 e. The van der Waals surface area contributed by atoms with E-state index in [9.17, 15) is 9.90 Å². The van der Waals surface area contributed by atoms with Gasteiger partial charge in [-0.25, -0.2) is 0 Å². The maximum Gasteiger partial charge on any atom is 0.306 e. The molecule has 3 heteroatoms. The number of hydrogen-bond donors (Lipinski definition) is 1. The van der Waals surface area contributed by atoms with Crippen molar-refractivity contribution in [2.75, 3.05) is 13.2 Å². The molecule has 0 aliphatic heterocycles. The SMILES string of the molecule is CCCCCCCCCCCC(CCCCCCCCOCC)C(=O)O. The Bertz CT molecular complexity index is 269. The summed E-state index contributed by atoms with van der Waals surface area (Å²) in [7, 11) is 0. The summed E-state index contributed by atoms with van der Waals surface area (Å²) >= 11 is 0. The summed E-state index contributed by atoms with van der Waals surface area (Å²) in [5.74, 6) is -0.696. The lowest BCUT2D eigenvalue weighted by Gasteiger charge is -2.12. The zero-order chi connectivity index (χ0) is 19.3. The van der Waals surface area contributed by atoms with E-state index in [0.717, 1.165) is 45.3 Å². The molecule has 156 valence electrons. The number of ether oxygens (including phenoxy) is 1. The van der Waals surface area contributed by atoms with Crippen molar-refractivity contribution in [2.24, 2.45) is 5.92 Å². The minimum absolute atomic E-state index is 0.113. The molecule has 0 bridgehead atoms. The Labute approximate surface area is 163 Å². The van der Waals surface area contributed by atoms with Crippen molar-refractivity contribution in [2.45, 2.75) is 123 Å². The number of hydrogen-bond acceptors (Lipinski definition) is 2. The number of aliphatic carboxylic acids is 1. The average Bonchev–Trinajstić information content (AvgIpc) is 2.63. The van der Waals surface area contributed by atoms with Crippen molar-refractivity contribution >= 4 is 5.97 Å². The van der Waals surface area contributed by atoms with Crippen molar-refractivity contribution in [1.29, 1.82) is 0 Å². The summed E-state index contributed by atoms with van der Waals surface area (Å²) in [6.07, 6.45) is 20.5. The predicted molar refractivity (Wildman–Crippen MR) is 112 cm³/mol. The average molecular weight is 371 g/mol. The van der Waals surface area contributed by atoms with E-state index in [1.807, 2.05) is 6.92 Å². The van der Waals surface area contributed by atoms with E-state index in [2.05, 4.69) is 6.92 Å². The molecule has 0 heterocycles. The van der Waals surface area contributed by atoms with Crippen LogP contribution in [0.15, 0.2) is 0 Å². The van der Waals surface area contributed by atoms with E-state index in [-0.39, 0.29) is 5.92 Å². The molecular formula is C23H46O3. The summed E-state index contributed by atoms with van der Waals surface area (Å²) in [5.41, 5.74) is 0. The molecule has 1 N–H and O–H groups in total. The van der Waals surface area contributed by atoms with Gasteiger partial charge in [0.2, 0.25) is 0 Å². The monoisotopic (exact) mass is 370 g/mol. The highest BCUT2D eigenvalue weighted by Crippen LogP contribution is 2.19. The minimum Gasteiger partial charge on any atom is -0.481 e. The second kappa shape index (κ2) is 20.7. The van der Waals surface area contributed by atoms with Crippen LogP contribution >= 0.6 is 0 Å². The minimum atomic E-state index is -0.582. The van der Waals surface area contributed by atoms with Crippen molar-refractivity contribution in [3.63, 3.8) is 0 Å². The molecule has 1 unspecified atom stereocenters. The Morgan fingerprint density at radius 3 is 1.54 bits per heavy atom. The third-order valence-corrected chi connectivity index (χ3v) is 5.30. The fourth-order valence-corrected chi connectivity index (χ4v) is 3.54. The number of carbonyl (C=O) groups is 1. The van der Waals surface area contributed by atoms with Crippen LogP contribution in [0.4, 0.5) is 0 Å². The molecule has 0 radical (unpaired) electrons. The van der Waals surface area contributed by atoms with Crippen molar-refractivity contribution in [1.82, 2.24) is 0 Å². The third kappa shape index (κ3) is 18.2. The molecule has 0 aliphatic rings. The van der Waals surface area contributed by atoms with E-state index in [4.69, 9.17) is 4.74 Å². The highest BCUT2D eigenvalue weighted by molar-refractivity contribution is 5.69. The fourth-order valence-electron chi connectivity index (χ4n) is 3.54. The highest BCUT2D eigenvalue weighted by atomic mass is 16.5. The molecule has 3 nitrogen and oxygen atoms in total. The zero-order valence-corrected chi connectivity index (χ0v) is 17.8. The number of rotatable bonds is 21. The molecule has 0 aliphatic carbocycles. The normalized spacial score (nSPS) is 12.4. The van der Waals surface area contributed by atoms with Crippen LogP contribution in [0.25, 0.3) is 0 Å². The quantitative estimate of drug-likeness (QED) is 0.214. The predicted octanol–water partition coefficient (Wildman–Crippen LogP) is 7.38. The largest absolute Gasteiger partial charge is 0.481 e. The Kier molecular flexibility index (Phi) is 20.3. The Balaban J connectivity index is 3.47. The number of carboxylic acid groups (broad SMARTS) is 1. The first-order chi connectivity index (χ1) is 12.7. The van der Waals surface area contributed by atoms with Gasteiger partial charge in [-0.05, 0) is 26.2 Å². The van der Waals surface area contributed by atoms with Crippen LogP contribution < -0.4 is 0 Å². The van der Waals surface area contributed by atoms with Gasteiger partial charge in [-0.15, -0.1) is 0 Å². The summed E-state index contributed by atoms with van der Waals surface area (Å²) in [6, 6.07) is 0. The molecule has 1 atom stereocenters. The van der Waals surface area contributed by atoms with Gasteiger partial charge in [0.1, 0.15) is 0 Å². The second-order valence-corrected chi connectivity index (χ2v) is 7.76. The summed E-state index contributed by atoms with van der Waals surface area (Å²) in [6.45, 7) is 5.99. The molecule has 0 saturated carbocycles. The van der Waals surface area contributed by atoms with E-state index in [0.29, 0.717) is 0 Å². The topological polar surface area (TPSA) is 46.5 Å². The summed E-state index contributed by atoms with van der Waals surface area (Å²) < 4.78 is 5.34. The van der Waals surface area contributed by atoms with Crippen LogP contribution in [0.3, 0.4) is 0 Å². The molecule has 0 aromatic carbocycles. The highest BCUT2D eigenvalue weighted by Gasteiger charge is 2.16. The fraction of sp³-hybridized carbons (Fsp3) is 0.957. The maximum absolute atomic E-state index is 11.4. The molecule has 0 saturated heterocycles. The van der Waals surface area contributed by atoms with Gasteiger partial charge in [0.25, 0.3) is 0 Å². The van der Waals surface area contributed by atoms with Crippen molar-refractivity contribution in [3.8, 4) is 0 Å². The van der Waals surface area contributed by atoms with E-state index < -0.39 is 5.97 Å². The Hall–Kier alpha value is -0.570. The summed E-state index contributed by atoms with van der Waals surface area (Å²) in [5, 5.41) is 9.41. The molecule has 0 fully saturated rings. The van der Waals surface area contributed by atoms with Crippen LogP contribution in [0.2, 0.25) is 0 Å². The lowest BCUT2D eigenvalue weighted by atomic mass is 9.94. The molecule has 0 spiro atoms. The lowest BCUT2D eigenvalue weighted by Crippen LogP contribution is -2.13. The van der Waals surface area contributed by atoms with Gasteiger partial charge in [0.15, 0.2) is 0 Å². The standard InChI is InChI=1S/C23H46O3/c1-3-5-6-7-8-9-10-13-16-19-22(23(24)25)20-17-14-11-12-15-18-21-26-4-2/h22H,3-21H2,1-2H3,(H,24,25). The molecule has 26 heavy (non-hydrogen) atoms. The van der Waals surface area contributed by atoms with Crippen molar-refractivity contribution < 1.29 is 14.6 Å². The van der Waals surface area contributed by atoms with E-state index in [1.165, 1.54) is 77.0 Å². The first-order valence-electron chi connectivity index (χ1n) is 11.5. The van der Waals surface area contributed by atoms with Gasteiger partial charge in [0.05, 0.1) is 5.92 Å². The lowest BCUT2D eigenvalue weighted by molar-refractivity contribution is -0.142. The Morgan fingerprint density at radius 1 is 0.692 bits per heavy atom. The van der Waals surface area contributed by atoms with E-state index in [1.54, 1.807) is 0 Å². The van der Waals surface area contributed by atoms with Crippen LogP contribution in [-0.2, 0) is 9.53 Å². The second-order valence-electron chi connectivity index (χ2n) is 7.76. The molecule has 0 amide bonds. The van der Waals surface area contributed by atoms with Crippen LogP contribution in [0.1, 0.15) is 123 Å². The molecule has 0 rings (SSSR count). The van der Waals surface area contributed by atoms with Gasteiger partial charge in [0, 0.05) is 13.2 Å². The number of unbranched alkanes of at least 4 members (excludes halogenated alkanes) is 13. The van der Waals surface area contributed by atoms with Crippen LogP contribution in [0.5, 0.6) is 0 Å². The zero-order valence-electron chi connectivity index (χ0n) is 17.8. The van der Waals surface area contributed by atoms with Crippen LogP contribution in [-0.4, -0.2) is 24.3 Å². The Morgan fingerprint density at radius 2 is 1.12 bits per heavy atom. The van der Waals surface area contributed by atoms with Gasteiger partial charge < -0.3 is 9.84 Å². The van der Waals surface area contributed by atoms with E-state index >= 15 is 0 Å². The van der Waals surface area contributed by atoms with Gasteiger partial charge in [-0.2, -0.15) is 0 Å². The maximum atomic E-state index is 11.4. The summed E-state index contributed by atoms with van der Waals surface area (Å²) in [4.78, 5) is 11.4. The van der Waals surface area contributed by atoms with Crippen LogP contribution in [0, 0.1) is 5.92 Å². The third-order valence-electron chi connectivity index (χ3n) is 5.30. The molecule has 0 aromatic rings. The van der Waals surface area contributed by atoms with Crippen molar-refractivity contribution in [3.05, 3.63) is 0 Å². The van der Waals surface area contributed by atoms with Gasteiger partial charge >= 0.3 is 5.97 Å². The van der Waals surface area contributed by atoms with Gasteiger partial charge in [-0.1, -0.05) is 96.8 Å². The van der Waals surface area contributed by atoms with Gasteiger partial charge in [-0.3, -0.25) is 4.79 Å². The first kappa shape index (κ1) is 25.4. The molecule has 0 aromatic heterocycles. The number of carboxylic acids is 1. The first-order valence-corrected chi connectivity index (χ1v) is 11.5.